The predicted octanol–water partition coefficient (Wildman–Crippen LogP) is 3.43. The Hall–Kier alpha value is -2.36. The molecule has 1 aromatic heterocycles. The van der Waals surface area contributed by atoms with E-state index in [9.17, 15) is 14.7 Å². The number of rotatable bonds is 3. The number of nitrogens with zero attached hydrogens (tertiary/aromatic N) is 1. The van der Waals surface area contributed by atoms with Crippen LogP contribution in [0.5, 0.6) is 0 Å². The predicted molar refractivity (Wildman–Crippen MR) is 88.0 cm³/mol. The van der Waals surface area contributed by atoms with Gasteiger partial charge in [0.05, 0.1) is 5.69 Å². The molecular formula is C19H19NO3. The molecule has 4 heteroatoms. The molecule has 1 fully saturated rings. The van der Waals surface area contributed by atoms with Crippen LogP contribution in [0.25, 0.3) is 11.3 Å². The molecule has 0 radical (unpaired) electrons. The minimum Gasteiger partial charge on any atom is -0.477 e. The first-order valence-corrected chi connectivity index (χ1v) is 8.26. The molecule has 118 valence electrons. The third-order valence-electron chi connectivity index (χ3n) is 4.90. The van der Waals surface area contributed by atoms with Crippen LogP contribution < -0.4 is 5.56 Å². The van der Waals surface area contributed by atoms with E-state index in [0.717, 1.165) is 36.9 Å². The Morgan fingerprint density at radius 3 is 2.48 bits per heavy atom. The van der Waals surface area contributed by atoms with Gasteiger partial charge in [-0.05, 0) is 73.4 Å². The van der Waals surface area contributed by atoms with Gasteiger partial charge >= 0.3 is 5.97 Å². The van der Waals surface area contributed by atoms with Gasteiger partial charge in [0.15, 0.2) is 0 Å². The second-order valence-corrected chi connectivity index (χ2v) is 6.53. The molecule has 2 aliphatic rings. The van der Waals surface area contributed by atoms with Crippen molar-refractivity contribution in [2.24, 2.45) is 0 Å². The van der Waals surface area contributed by atoms with Gasteiger partial charge in [0.1, 0.15) is 5.56 Å². The maximum Gasteiger partial charge on any atom is 0.341 e. The first kappa shape index (κ1) is 14.2. The topological polar surface area (TPSA) is 59.3 Å². The number of pyridine rings is 1. The molecule has 0 unspecified atom stereocenters. The highest BCUT2D eigenvalue weighted by molar-refractivity contribution is 5.87. The Kier molecular flexibility index (Phi) is 3.33. The smallest absolute Gasteiger partial charge is 0.341 e. The van der Waals surface area contributed by atoms with E-state index >= 15 is 0 Å². The number of fused-ring (bicyclic) bond motifs is 1. The summed E-state index contributed by atoms with van der Waals surface area (Å²) < 4.78 is 1.69. The highest BCUT2D eigenvalue weighted by Crippen LogP contribution is 2.37. The highest BCUT2D eigenvalue weighted by atomic mass is 16.4. The number of carbonyl (C=O) groups is 1. The highest BCUT2D eigenvalue weighted by Gasteiger charge is 2.29. The number of hydrogen-bond acceptors (Lipinski definition) is 2. The standard InChI is InChI=1S/C19H19NO3/c21-18-16(19(22)23)9-10-17(20(18)15-7-8-15)14-6-5-12-3-1-2-4-13(12)11-14/h5-6,9-11,15H,1-4,7-8H2,(H,22,23). The van der Waals surface area contributed by atoms with Gasteiger partial charge in [-0.2, -0.15) is 0 Å². The van der Waals surface area contributed by atoms with Gasteiger partial charge in [-0.1, -0.05) is 12.1 Å². The van der Waals surface area contributed by atoms with E-state index in [-0.39, 0.29) is 17.2 Å². The fourth-order valence-corrected chi connectivity index (χ4v) is 3.54. The third-order valence-corrected chi connectivity index (χ3v) is 4.90. The number of aryl methyl sites for hydroxylation is 2. The van der Waals surface area contributed by atoms with E-state index in [1.165, 1.54) is 30.0 Å². The van der Waals surface area contributed by atoms with Gasteiger partial charge in [-0.15, -0.1) is 0 Å². The molecule has 0 spiro atoms. The number of carboxylic acids is 1. The lowest BCUT2D eigenvalue weighted by molar-refractivity contribution is 0.0694. The van der Waals surface area contributed by atoms with Crippen molar-refractivity contribution in [2.45, 2.75) is 44.6 Å². The van der Waals surface area contributed by atoms with Crippen molar-refractivity contribution in [1.82, 2.24) is 4.57 Å². The van der Waals surface area contributed by atoms with Gasteiger partial charge in [-0.25, -0.2) is 4.79 Å². The fraction of sp³-hybridized carbons (Fsp3) is 0.368. The summed E-state index contributed by atoms with van der Waals surface area (Å²) in [5, 5.41) is 9.20. The average molecular weight is 309 g/mol. The maximum absolute atomic E-state index is 12.6. The summed E-state index contributed by atoms with van der Waals surface area (Å²) in [4.78, 5) is 23.8. The Morgan fingerprint density at radius 1 is 1.04 bits per heavy atom. The summed E-state index contributed by atoms with van der Waals surface area (Å²) in [5.74, 6) is -1.15. The summed E-state index contributed by atoms with van der Waals surface area (Å²) in [6.07, 6.45) is 6.56. The zero-order chi connectivity index (χ0) is 16.0. The molecule has 4 rings (SSSR count). The molecule has 1 aromatic carbocycles. The number of carboxylic acid groups (broad SMARTS) is 1. The van der Waals surface area contributed by atoms with Crippen molar-refractivity contribution in [3.8, 4) is 11.3 Å². The van der Waals surface area contributed by atoms with Crippen molar-refractivity contribution in [1.29, 1.82) is 0 Å². The van der Waals surface area contributed by atoms with Crippen LogP contribution in [0.15, 0.2) is 35.1 Å². The van der Waals surface area contributed by atoms with Gasteiger partial charge in [0.25, 0.3) is 5.56 Å². The number of benzene rings is 1. The number of aromatic nitrogens is 1. The van der Waals surface area contributed by atoms with E-state index in [0.29, 0.717) is 0 Å². The summed E-state index contributed by atoms with van der Waals surface area (Å²) in [6, 6.07) is 9.79. The lowest BCUT2D eigenvalue weighted by Gasteiger charge is -2.18. The van der Waals surface area contributed by atoms with Gasteiger partial charge in [0.2, 0.25) is 0 Å². The minimum atomic E-state index is -1.15. The Labute approximate surface area is 134 Å². The Balaban J connectivity index is 1.87. The monoisotopic (exact) mass is 309 g/mol. The van der Waals surface area contributed by atoms with Gasteiger partial charge in [-0.3, -0.25) is 4.79 Å². The van der Waals surface area contributed by atoms with Crippen molar-refractivity contribution in [3.63, 3.8) is 0 Å². The quantitative estimate of drug-likeness (QED) is 0.945. The van der Waals surface area contributed by atoms with Crippen molar-refractivity contribution in [2.75, 3.05) is 0 Å². The largest absolute Gasteiger partial charge is 0.477 e. The summed E-state index contributed by atoms with van der Waals surface area (Å²) in [6.45, 7) is 0. The molecule has 1 saturated carbocycles. The molecule has 4 nitrogen and oxygen atoms in total. The molecule has 0 atom stereocenters. The van der Waals surface area contributed by atoms with Crippen LogP contribution in [0, 0.1) is 0 Å². The van der Waals surface area contributed by atoms with Crippen LogP contribution in [0.4, 0.5) is 0 Å². The van der Waals surface area contributed by atoms with E-state index in [1.807, 2.05) is 0 Å². The van der Waals surface area contributed by atoms with Gasteiger partial charge < -0.3 is 9.67 Å². The molecule has 23 heavy (non-hydrogen) atoms. The molecular weight excluding hydrogens is 290 g/mol. The van der Waals surface area contributed by atoms with E-state index in [1.54, 1.807) is 10.6 Å². The van der Waals surface area contributed by atoms with Crippen molar-refractivity contribution >= 4 is 5.97 Å². The van der Waals surface area contributed by atoms with Crippen molar-refractivity contribution < 1.29 is 9.90 Å². The van der Waals surface area contributed by atoms with E-state index < -0.39 is 5.97 Å². The molecule has 2 aliphatic carbocycles. The molecule has 0 amide bonds. The first-order valence-electron chi connectivity index (χ1n) is 8.26. The van der Waals surface area contributed by atoms with E-state index in [2.05, 4.69) is 18.2 Å². The SMILES string of the molecule is O=C(O)c1ccc(-c2ccc3c(c2)CCCC3)n(C2CC2)c1=O. The second kappa shape index (κ2) is 5.37. The zero-order valence-corrected chi connectivity index (χ0v) is 12.9. The second-order valence-electron chi connectivity index (χ2n) is 6.53. The molecule has 1 N–H and O–H groups in total. The maximum atomic E-state index is 12.6. The zero-order valence-electron chi connectivity index (χ0n) is 12.9. The minimum absolute atomic E-state index is 0.140. The fourth-order valence-electron chi connectivity index (χ4n) is 3.54. The number of hydrogen-bond donors (Lipinski definition) is 1. The lowest BCUT2D eigenvalue weighted by atomic mass is 9.90. The van der Waals surface area contributed by atoms with Crippen LogP contribution in [0.2, 0.25) is 0 Å². The molecule has 0 aliphatic heterocycles. The van der Waals surface area contributed by atoms with Gasteiger partial charge in [0, 0.05) is 6.04 Å². The number of aromatic carboxylic acids is 1. The molecule has 0 bridgehead atoms. The first-order chi connectivity index (χ1) is 11.1. The van der Waals surface area contributed by atoms with Crippen molar-refractivity contribution in [3.05, 3.63) is 57.4 Å². The molecule has 1 heterocycles. The Morgan fingerprint density at radius 2 is 1.78 bits per heavy atom. The van der Waals surface area contributed by atoms with Crippen LogP contribution in [-0.4, -0.2) is 15.6 Å². The average Bonchev–Trinajstić information content (AvgIpc) is 3.38. The summed E-state index contributed by atoms with van der Waals surface area (Å²) >= 11 is 0. The van der Waals surface area contributed by atoms with Crippen LogP contribution in [0.3, 0.4) is 0 Å². The lowest BCUT2D eigenvalue weighted by Crippen LogP contribution is -2.26. The summed E-state index contributed by atoms with van der Waals surface area (Å²) in [7, 11) is 0. The molecule has 0 saturated heterocycles. The Bertz CT molecular complexity index is 846. The third kappa shape index (κ3) is 2.48. The van der Waals surface area contributed by atoms with Crippen LogP contribution >= 0.6 is 0 Å². The molecule has 2 aromatic rings. The van der Waals surface area contributed by atoms with Crippen LogP contribution in [-0.2, 0) is 12.8 Å². The normalized spacial score (nSPS) is 16.9. The van der Waals surface area contributed by atoms with E-state index in [4.69, 9.17) is 0 Å². The van der Waals surface area contributed by atoms with Crippen LogP contribution in [0.1, 0.15) is 53.2 Å². The summed E-state index contributed by atoms with van der Waals surface area (Å²) in [5.41, 5.74) is 4.12.